The van der Waals surface area contributed by atoms with E-state index >= 15 is 0 Å². The average molecular weight is 374 g/mol. The van der Waals surface area contributed by atoms with E-state index in [1.54, 1.807) is 16.2 Å². The van der Waals surface area contributed by atoms with Crippen LogP contribution in [0.15, 0.2) is 12.4 Å². The summed E-state index contributed by atoms with van der Waals surface area (Å²) >= 11 is 1.66. The minimum atomic E-state index is -0.0211. The molecule has 0 atom stereocenters. The van der Waals surface area contributed by atoms with Gasteiger partial charge in [-0.05, 0) is 47.7 Å². The molecule has 2 aromatic heterocycles. The Morgan fingerprint density at radius 3 is 2.58 bits per heavy atom. The highest BCUT2D eigenvalue weighted by Crippen LogP contribution is 2.29. The minimum absolute atomic E-state index is 0.0211. The summed E-state index contributed by atoms with van der Waals surface area (Å²) in [6.45, 7) is 2.39. The second-order valence-electron chi connectivity index (χ2n) is 6.80. The number of aromatic nitrogens is 4. The fourth-order valence-electron chi connectivity index (χ4n) is 3.58. The summed E-state index contributed by atoms with van der Waals surface area (Å²) in [5, 5.41) is 10.8. The predicted molar refractivity (Wildman–Crippen MR) is 95.9 cm³/mol. The van der Waals surface area contributed by atoms with E-state index in [4.69, 9.17) is 0 Å². The van der Waals surface area contributed by atoms with E-state index in [9.17, 15) is 9.59 Å². The number of carbonyl (C=O) groups excluding carboxylic acids is 2. The van der Waals surface area contributed by atoms with E-state index in [0.29, 0.717) is 26.2 Å². The number of piperazine rings is 1. The third-order valence-electron chi connectivity index (χ3n) is 5.07. The Balaban J connectivity index is 1.34. The maximum Gasteiger partial charge on any atom is 0.264 e. The summed E-state index contributed by atoms with van der Waals surface area (Å²) in [5.41, 5.74) is 1.37. The van der Waals surface area contributed by atoms with E-state index in [1.807, 2.05) is 4.90 Å². The molecule has 0 bridgehead atoms. The molecule has 1 saturated heterocycles. The van der Waals surface area contributed by atoms with E-state index < -0.39 is 0 Å². The average Bonchev–Trinajstić information content (AvgIpc) is 3.26. The molecule has 0 spiro atoms. The van der Waals surface area contributed by atoms with E-state index in [1.165, 1.54) is 40.7 Å². The molecule has 0 radical (unpaired) electrons. The largest absolute Gasteiger partial charge is 0.338 e. The summed E-state index contributed by atoms with van der Waals surface area (Å²) < 4.78 is 1.42. The van der Waals surface area contributed by atoms with Gasteiger partial charge in [0.05, 0.1) is 4.88 Å². The Kier molecular flexibility index (Phi) is 4.96. The summed E-state index contributed by atoms with van der Waals surface area (Å²) in [4.78, 5) is 31.0. The molecule has 4 rings (SSSR count). The van der Waals surface area contributed by atoms with Gasteiger partial charge in [-0.15, -0.1) is 16.4 Å². The van der Waals surface area contributed by atoms with Crippen molar-refractivity contribution in [2.75, 3.05) is 26.2 Å². The van der Waals surface area contributed by atoms with E-state index in [-0.39, 0.29) is 18.4 Å². The molecule has 2 amide bonds. The minimum Gasteiger partial charge on any atom is -0.338 e. The zero-order valence-electron chi connectivity index (χ0n) is 14.6. The van der Waals surface area contributed by atoms with Gasteiger partial charge in [0.15, 0.2) is 0 Å². The van der Waals surface area contributed by atoms with E-state index in [0.717, 1.165) is 17.7 Å². The number of hydrogen-bond donors (Lipinski definition) is 0. The van der Waals surface area contributed by atoms with Crippen LogP contribution in [-0.2, 0) is 24.2 Å². The third kappa shape index (κ3) is 3.62. The van der Waals surface area contributed by atoms with Crippen LogP contribution in [0, 0.1) is 0 Å². The summed E-state index contributed by atoms with van der Waals surface area (Å²) in [6, 6.07) is 2.10. The lowest BCUT2D eigenvalue weighted by Gasteiger charge is -2.34. The van der Waals surface area contributed by atoms with Crippen LogP contribution in [0.5, 0.6) is 0 Å². The maximum atomic E-state index is 12.8. The summed E-state index contributed by atoms with van der Waals surface area (Å²) in [7, 11) is 0. The van der Waals surface area contributed by atoms with Gasteiger partial charge in [0.2, 0.25) is 5.91 Å². The first-order valence-electron chi connectivity index (χ1n) is 9.10. The van der Waals surface area contributed by atoms with Crippen molar-refractivity contribution in [3.8, 4) is 0 Å². The number of aryl methyl sites for hydroxylation is 2. The molecule has 26 heavy (non-hydrogen) atoms. The molecule has 0 aromatic carbocycles. The number of hydrogen-bond acceptors (Lipinski definition) is 6. The normalized spacial score (nSPS) is 17.7. The number of tetrazole rings is 1. The first kappa shape index (κ1) is 17.1. The van der Waals surface area contributed by atoms with Gasteiger partial charge in [-0.1, -0.05) is 6.42 Å². The van der Waals surface area contributed by atoms with Gasteiger partial charge in [0, 0.05) is 31.1 Å². The number of carbonyl (C=O) groups is 2. The second kappa shape index (κ2) is 7.53. The van der Waals surface area contributed by atoms with Gasteiger partial charge in [-0.3, -0.25) is 9.59 Å². The van der Waals surface area contributed by atoms with Crippen LogP contribution in [-0.4, -0.2) is 68.0 Å². The van der Waals surface area contributed by atoms with Gasteiger partial charge in [0.1, 0.15) is 12.9 Å². The molecule has 1 fully saturated rings. The van der Waals surface area contributed by atoms with Gasteiger partial charge in [-0.2, -0.15) is 0 Å². The topological polar surface area (TPSA) is 84.2 Å². The lowest BCUT2D eigenvalue weighted by molar-refractivity contribution is -0.133. The molecule has 2 aromatic rings. The van der Waals surface area contributed by atoms with Crippen molar-refractivity contribution < 1.29 is 9.59 Å². The van der Waals surface area contributed by atoms with Crippen molar-refractivity contribution in [1.29, 1.82) is 0 Å². The van der Waals surface area contributed by atoms with Crippen LogP contribution < -0.4 is 0 Å². The van der Waals surface area contributed by atoms with Crippen LogP contribution >= 0.6 is 11.3 Å². The predicted octanol–water partition coefficient (Wildman–Crippen LogP) is 0.988. The fraction of sp³-hybridized carbons (Fsp3) is 0.588. The highest BCUT2D eigenvalue weighted by molar-refractivity contribution is 7.14. The Morgan fingerprint density at radius 1 is 1.04 bits per heavy atom. The molecule has 3 heterocycles. The van der Waals surface area contributed by atoms with Gasteiger partial charge < -0.3 is 9.80 Å². The van der Waals surface area contributed by atoms with Crippen molar-refractivity contribution in [2.45, 2.75) is 38.6 Å². The zero-order valence-corrected chi connectivity index (χ0v) is 15.5. The number of nitrogens with zero attached hydrogens (tertiary/aromatic N) is 6. The third-order valence-corrected chi connectivity index (χ3v) is 6.29. The quantitative estimate of drug-likeness (QED) is 0.748. The molecule has 1 aliphatic heterocycles. The lowest BCUT2D eigenvalue weighted by atomic mass is 10.1. The molecule has 0 saturated carbocycles. The number of fused-ring (bicyclic) bond motifs is 1. The van der Waals surface area contributed by atoms with Gasteiger partial charge in [-0.25, -0.2) is 4.68 Å². The molecule has 1 aliphatic carbocycles. The molecule has 9 heteroatoms. The van der Waals surface area contributed by atoms with Crippen LogP contribution in [0.25, 0.3) is 0 Å². The number of thiophene rings is 1. The SMILES string of the molecule is O=C(Cn1cnnn1)N1CCN(C(=O)c2cc3c(s2)CCCCC3)CC1. The Labute approximate surface area is 155 Å². The second-order valence-corrected chi connectivity index (χ2v) is 7.94. The van der Waals surface area contributed by atoms with Crippen molar-refractivity contribution in [3.05, 3.63) is 27.7 Å². The number of rotatable bonds is 3. The molecule has 0 unspecified atom stereocenters. The van der Waals surface area contributed by atoms with Crippen molar-refractivity contribution >= 4 is 23.2 Å². The number of amides is 2. The molecular formula is C17H22N6O2S. The maximum absolute atomic E-state index is 12.8. The first-order valence-corrected chi connectivity index (χ1v) is 9.92. The van der Waals surface area contributed by atoms with E-state index in [2.05, 4.69) is 21.6 Å². The zero-order chi connectivity index (χ0) is 17.9. The van der Waals surface area contributed by atoms with Gasteiger partial charge in [0.25, 0.3) is 5.91 Å². The van der Waals surface area contributed by atoms with Gasteiger partial charge >= 0.3 is 0 Å². The summed E-state index contributed by atoms with van der Waals surface area (Å²) in [6.07, 6.45) is 7.36. The standard InChI is InChI=1S/C17H22N6O2S/c24-16(11-23-12-18-19-20-23)21-6-8-22(9-7-21)17(25)15-10-13-4-2-1-3-5-14(13)26-15/h10,12H,1-9,11H2. The highest BCUT2D eigenvalue weighted by atomic mass is 32.1. The van der Waals surface area contributed by atoms with Crippen molar-refractivity contribution in [2.24, 2.45) is 0 Å². The van der Waals surface area contributed by atoms with Crippen LogP contribution in [0.3, 0.4) is 0 Å². The Morgan fingerprint density at radius 2 is 1.81 bits per heavy atom. The summed E-state index contributed by atoms with van der Waals surface area (Å²) in [5.74, 6) is 0.0860. The van der Waals surface area contributed by atoms with Crippen LogP contribution in [0.4, 0.5) is 0 Å². The fourth-order valence-corrected chi connectivity index (χ4v) is 4.80. The molecule has 138 valence electrons. The molecular weight excluding hydrogens is 352 g/mol. The molecule has 2 aliphatic rings. The van der Waals surface area contributed by atoms with Crippen molar-refractivity contribution in [3.63, 3.8) is 0 Å². The smallest absolute Gasteiger partial charge is 0.264 e. The van der Waals surface area contributed by atoms with Crippen LogP contribution in [0.2, 0.25) is 0 Å². The highest BCUT2D eigenvalue weighted by Gasteiger charge is 2.27. The molecule has 0 N–H and O–H groups in total. The van der Waals surface area contributed by atoms with Crippen molar-refractivity contribution in [1.82, 2.24) is 30.0 Å². The first-order chi connectivity index (χ1) is 12.7. The Hall–Kier alpha value is -2.29. The Bertz CT molecular complexity index is 756. The molecule has 8 nitrogen and oxygen atoms in total. The van der Waals surface area contributed by atoms with Crippen LogP contribution in [0.1, 0.15) is 39.4 Å². The monoisotopic (exact) mass is 374 g/mol. The lowest BCUT2D eigenvalue weighted by Crippen LogP contribution is -2.51.